The van der Waals surface area contributed by atoms with Gasteiger partial charge in [0.15, 0.2) is 5.88 Å². The standard InChI is InChI=1S/C23H20N4O2.C2HF3O2/c24-13-14-6-9-17(10-7-14)26-21(15-4-2-1-3-5-15)20-18-11-8-16(22(25)28)12-19(18)27-23(20)29;3-2(4,5)1(6)7/h1-12,27,29H,13,24H2,(H2,25,28);(H,6,7). The number of nitrogens with one attached hydrogen (secondary N) is 1. The summed E-state index contributed by atoms with van der Waals surface area (Å²) in [5, 5.41) is 18.6. The molecular formula is C25H21F3N4O4. The molecule has 186 valence electrons. The average molecular weight is 498 g/mol. The Balaban J connectivity index is 0.000000454. The number of hydrogen-bond donors (Lipinski definition) is 5. The van der Waals surface area contributed by atoms with E-state index < -0.39 is 18.1 Å². The quantitative estimate of drug-likeness (QED) is 0.261. The van der Waals surface area contributed by atoms with Crippen LogP contribution in [0.2, 0.25) is 0 Å². The first-order valence-corrected chi connectivity index (χ1v) is 10.4. The van der Waals surface area contributed by atoms with E-state index in [0.29, 0.717) is 28.9 Å². The molecule has 0 aliphatic heterocycles. The number of aromatic hydroxyl groups is 1. The lowest BCUT2D eigenvalue weighted by Gasteiger charge is -2.08. The van der Waals surface area contributed by atoms with Crippen LogP contribution in [0.1, 0.15) is 27.0 Å². The Morgan fingerprint density at radius 3 is 2.08 bits per heavy atom. The number of carbonyl (C=O) groups excluding carboxylic acids is 1. The monoisotopic (exact) mass is 498 g/mol. The molecule has 3 aromatic carbocycles. The third-order valence-corrected chi connectivity index (χ3v) is 5.00. The molecule has 7 N–H and O–H groups in total. The number of carbonyl (C=O) groups is 2. The van der Waals surface area contributed by atoms with Crippen LogP contribution < -0.4 is 11.5 Å². The Kier molecular flexibility index (Phi) is 7.75. The SMILES string of the molecule is NCc1ccc(N=C(c2ccccc2)c2c(O)[nH]c3cc(C(N)=O)ccc23)cc1.O=C(O)C(F)(F)F. The zero-order chi connectivity index (χ0) is 26.5. The molecule has 0 bridgehead atoms. The second kappa shape index (κ2) is 10.7. The van der Waals surface area contributed by atoms with Crippen molar-refractivity contribution in [2.24, 2.45) is 16.5 Å². The fourth-order valence-electron chi connectivity index (χ4n) is 3.27. The summed E-state index contributed by atoms with van der Waals surface area (Å²) >= 11 is 0. The number of rotatable bonds is 5. The van der Waals surface area contributed by atoms with Gasteiger partial charge >= 0.3 is 12.1 Å². The van der Waals surface area contributed by atoms with E-state index in [0.717, 1.165) is 22.2 Å². The smallest absolute Gasteiger partial charge is 0.490 e. The van der Waals surface area contributed by atoms with Crippen molar-refractivity contribution in [1.29, 1.82) is 0 Å². The van der Waals surface area contributed by atoms with Crippen LogP contribution in [0.15, 0.2) is 77.8 Å². The van der Waals surface area contributed by atoms with Gasteiger partial charge in [-0.15, -0.1) is 0 Å². The zero-order valence-corrected chi connectivity index (χ0v) is 18.6. The number of aliphatic imine (C=N–C) groups is 1. The highest BCUT2D eigenvalue weighted by molar-refractivity contribution is 6.22. The van der Waals surface area contributed by atoms with Crippen LogP contribution >= 0.6 is 0 Å². The van der Waals surface area contributed by atoms with Crippen molar-refractivity contribution in [1.82, 2.24) is 4.98 Å². The second-order valence-corrected chi connectivity index (χ2v) is 7.47. The van der Waals surface area contributed by atoms with Crippen LogP contribution in [0.5, 0.6) is 5.88 Å². The lowest BCUT2D eigenvalue weighted by molar-refractivity contribution is -0.192. The molecule has 0 unspecified atom stereocenters. The van der Waals surface area contributed by atoms with Crippen LogP contribution in [0.3, 0.4) is 0 Å². The van der Waals surface area contributed by atoms with E-state index in [2.05, 4.69) is 4.98 Å². The number of amides is 1. The highest BCUT2D eigenvalue weighted by atomic mass is 19.4. The Hall–Kier alpha value is -4.64. The number of fused-ring (bicyclic) bond motifs is 1. The molecule has 0 atom stereocenters. The van der Waals surface area contributed by atoms with Crippen molar-refractivity contribution >= 4 is 34.2 Å². The molecular weight excluding hydrogens is 477 g/mol. The van der Waals surface area contributed by atoms with Gasteiger partial charge in [-0.25, -0.2) is 9.79 Å². The summed E-state index contributed by atoms with van der Waals surface area (Å²) in [7, 11) is 0. The van der Waals surface area contributed by atoms with Crippen molar-refractivity contribution in [3.8, 4) is 5.88 Å². The number of nitrogens with zero attached hydrogens (tertiary/aromatic N) is 1. The van der Waals surface area contributed by atoms with E-state index in [1.165, 1.54) is 0 Å². The van der Waals surface area contributed by atoms with Crippen LogP contribution in [-0.2, 0) is 11.3 Å². The first kappa shape index (κ1) is 26.0. The van der Waals surface area contributed by atoms with Gasteiger partial charge in [-0.1, -0.05) is 48.5 Å². The van der Waals surface area contributed by atoms with E-state index in [-0.39, 0.29) is 5.88 Å². The van der Waals surface area contributed by atoms with Crippen molar-refractivity contribution in [3.05, 3.63) is 95.1 Å². The number of halogens is 3. The first-order chi connectivity index (χ1) is 17.0. The normalized spacial score (nSPS) is 11.6. The van der Waals surface area contributed by atoms with Crippen molar-refractivity contribution in [3.63, 3.8) is 0 Å². The minimum atomic E-state index is -5.08. The van der Waals surface area contributed by atoms with E-state index >= 15 is 0 Å². The molecule has 0 saturated heterocycles. The molecule has 0 fully saturated rings. The maximum absolute atomic E-state index is 11.5. The lowest BCUT2D eigenvalue weighted by Crippen LogP contribution is -2.21. The topological polar surface area (TPSA) is 155 Å². The number of aromatic amines is 1. The van der Waals surface area contributed by atoms with Crippen LogP contribution in [-0.4, -0.2) is 39.0 Å². The predicted molar refractivity (Wildman–Crippen MR) is 128 cm³/mol. The van der Waals surface area contributed by atoms with Crippen molar-refractivity contribution in [2.75, 3.05) is 0 Å². The molecule has 11 heteroatoms. The van der Waals surface area contributed by atoms with E-state index in [1.807, 2.05) is 54.6 Å². The summed E-state index contributed by atoms with van der Waals surface area (Å²) in [6.45, 7) is 0.459. The molecule has 36 heavy (non-hydrogen) atoms. The molecule has 0 aliphatic rings. The number of aromatic nitrogens is 1. The molecule has 1 aromatic heterocycles. The van der Waals surface area contributed by atoms with Gasteiger partial charge in [0.25, 0.3) is 0 Å². The molecule has 4 rings (SSSR count). The number of alkyl halides is 3. The summed E-state index contributed by atoms with van der Waals surface area (Å²) < 4.78 is 31.7. The fraction of sp³-hybridized carbons (Fsp3) is 0.0800. The van der Waals surface area contributed by atoms with Gasteiger partial charge in [0.1, 0.15) is 0 Å². The Morgan fingerprint density at radius 1 is 0.944 bits per heavy atom. The number of primary amides is 1. The summed E-state index contributed by atoms with van der Waals surface area (Å²) in [5.74, 6) is -3.31. The summed E-state index contributed by atoms with van der Waals surface area (Å²) in [6, 6.07) is 22.3. The molecule has 0 spiro atoms. The van der Waals surface area contributed by atoms with Gasteiger partial charge in [-0.3, -0.25) is 4.79 Å². The third kappa shape index (κ3) is 6.07. The maximum atomic E-state index is 11.5. The number of carboxylic acids is 1. The number of aliphatic carboxylic acids is 1. The molecule has 8 nitrogen and oxygen atoms in total. The number of nitrogens with two attached hydrogens (primary N) is 2. The van der Waals surface area contributed by atoms with Gasteiger partial charge in [-0.2, -0.15) is 13.2 Å². The molecule has 4 aromatic rings. The van der Waals surface area contributed by atoms with E-state index in [9.17, 15) is 23.1 Å². The second-order valence-electron chi connectivity index (χ2n) is 7.47. The highest BCUT2D eigenvalue weighted by Crippen LogP contribution is 2.32. The molecule has 1 heterocycles. The molecule has 0 saturated carbocycles. The van der Waals surface area contributed by atoms with Crippen molar-refractivity contribution < 1.29 is 33.0 Å². The Labute approximate surface area is 202 Å². The summed E-state index contributed by atoms with van der Waals surface area (Å²) in [6.07, 6.45) is -5.08. The van der Waals surface area contributed by atoms with Gasteiger partial charge in [0.05, 0.1) is 17.0 Å². The number of benzene rings is 3. The van der Waals surface area contributed by atoms with Gasteiger partial charge in [0, 0.05) is 28.6 Å². The number of H-pyrrole nitrogens is 1. The van der Waals surface area contributed by atoms with Gasteiger partial charge in [0.2, 0.25) is 5.91 Å². The Morgan fingerprint density at radius 2 is 1.56 bits per heavy atom. The van der Waals surface area contributed by atoms with Crippen LogP contribution in [0.4, 0.5) is 18.9 Å². The average Bonchev–Trinajstić information content (AvgIpc) is 3.18. The maximum Gasteiger partial charge on any atom is 0.490 e. The van der Waals surface area contributed by atoms with Crippen molar-refractivity contribution in [2.45, 2.75) is 12.7 Å². The van der Waals surface area contributed by atoms with Crippen LogP contribution in [0.25, 0.3) is 10.9 Å². The summed E-state index contributed by atoms with van der Waals surface area (Å²) in [4.78, 5) is 28.1. The molecule has 1 amide bonds. The van der Waals surface area contributed by atoms with Crippen LogP contribution in [0, 0.1) is 0 Å². The Bertz CT molecular complexity index is 1410. The minimum Gasteiger partial charge on any atom is -0.494 e. The van der Waals surface area contributed by atoms with Gasteiger partial charge in [-0.05, 0) is 29.8 Å². The number of hydrogen-bond acceptors (Lipinski definition) is 5. The highest BCUT2D eigenvalue weighted by Gasteiger charge is 2.38. The molecule has 0 aliphatic carbocycles. The number of carboxylic acid groups (broad SMARTS) is 1. The third-order valence-electron chi connectivity index (χ3n) is 5.00. The summed E-state index contributed by atoms with van der Waals surface area (Å²) in [5.41, 5.74) is 15.8. The van der Waals surface area contributed by atoms with E-state index in [1.54, 1.807) is 18.2 Å². The lowest BCUT2D eigenvalue weighted by atomic mass is 10.00. The first-order valence-electron chi connectivity index (χ1n) is 10.4. The molecule has 0 radical (unpaired) electrons. The largest absolute Gasteiger partial charge is 0.494 e. The predicted octanol–water partition coefficient (Wildman–Crippen LogP) is 4.23. The van der Waals surface area contributed by atoms with Gasteiger partial charge < -0.3 is 26.7 Å². The zero-order valence-electron chi connectivity index (χ0n) is 18.6. The minimum absolute atomic E-state index is 0.0252. The fourth-order valence-corrected chi connectivity index (χ4v) is 3.27. The van der Waals surface area contributed by atoms with E-state index in [4.69, 9.17) is 26.4 Å².